The molecule has 0 unspecified atom stereocenters. The van der Waals surface area contributed by atoms with Crippen molar-refractivity contribution in [1.82, 2.24) is 19.3 Å². The predicted octanol–water partition coefficient (Wildman–Crippen LogP) is 3.75. The molecule has 6 rings (SSSR count). The Kier molecular flexibility index (Phi) is 6.17. The van der Waals surface area contributed by atoms with Gasteiger partial charge < -0.3 is 10.4 Å². The number of aliphatic hydroxyl groups excluding tert-OH is 1. The first-order chi connectivity index (χ1) is 18.4. The van der Waals surface area contributed by atoms with Gasteiger partial charge in [0.25, 0.3) is 0 Å². The van der Waals surface area contributed by atoms with Gasteiger partial charge in [0.2, 0.25) is 15.9 Å². The number of carbonyl (C=O) groups is 1. The second kappa shape index (κ2) is 9.54. The molecule has 1 saturated heterocycles. The van der Waals surface area contributed by atoms with Crippen molar-refractivity contribution in [3.8, 4) is 11.3 Å². The minimum Gasteiger partial charge on any atom is -0.395 e. The van der Waals surface area contributed by atoms with Crippen molar-refractivity contribution in [2.45, 2.75) is 42.0 Å². The first kappa shape index (κ1) is 24.6. The molecule has 1 aliphatic carbocycles. The fourth-order valence-electron chi connectivity index (χ4n) is 5.17. The number of nitrogens with zero attached hydrogens (tertiary/aromatic N) is 4. The highest BCUT2D eigenvalue weighted by Crippen LogP contribution is 2.49. The van der Waals surface area contributed by atoms with Gasteiger partial charge in [0.05, 0.1) is 33.6 Å². The summed E-state index contributed by atoms with van der Waals surface area (Å²) in [7, 11) is -3.69. The van der Waals surface area contributed by atoms with Crippen molar-refractivity contribution >= 4 is 32.8 Å². The molecule has 1 aliphatic heterocycles. The zero-order chi connectivity index (χ0) is 26.3. The Morgan fingerprint density at radius 1 is 1.05 bits per heavy atom. The lowest BCUT2D eigenvalue weighted by Gasteiger charge is -2.22. The Bertz CT molecular complexity index is 1630. The Morgan fingerprint density at radius 2 is 1.82 bits per heavy atom. The zero-order valence-electron chi connectivity index (χ0n) is 20.6. The molecule has 4 aromatic rings. The monoisotopic (exact) mass is 531 g/mol. The average molecular weight is 532 g/mol. The summed E-state index contributed by atoms with van der Waals surface area (Å²) >= 11 is 0. The molecule has 2 aromatic carbocycles. The van der Waals surface area contributed by atoms with Crippen LogP contribution in [-0.2, 0) is 20.2 Å². The van der Waals surface area contributed by atoms with Crippen molar-refractivity contribution in [3.63, 3.8) is 0 Å². The molecule has 0 radical (unpaired) electrons. The molecule has 38 heavy (non-hydrogen) atoms. The summed E-state index contributed by atoms with van der Waals surface area (Å²) in [4.78, 5) is 26.8. The lowest BCUT2D eigenvalue weighted by Crippen LogP contribution is -2.37. The SMILES string of the molecule is O=C(Nc1cccc(-c2ccc(S(=O)(=O)N3CCC[C@@H]3CO)cc2)n1)C1(c2ccc3nccnc3c2)CC1.[HH]. The Hall–Kier alpha value is -3.73. The van der Waals surface area contributed by atoms with Crippen LogP contribution in [-0.4, -0.2) is 57.9 Å². The number of hydrogen-bond acceptors (Lipinski definition) is 7. The minimum absolute atomic E-state index is 0. The van der Waals surface area contributed by atoms with E-state index in [1.807, 2.05) is 30.3 Å². The third-order valence-corrected chi connectivity index (χ3v) is 9.45. The van der Waals surface area contributed by atoms with Gasteiger partial charge >= 0.3 is 0 Å². The summed E-state index contributed by atoms with van der Waals surface area (Å²) in [6.45, 7) is 0.225. The Labute approximate surface area is 222 Å². The molecule has 2 fully saturated rings. The van der Waals surface area contributed by atoms with Gasteiger partial charge in [0.15, 0.2) is 0 Å². The van der Waals surface area contributed by atoms with Crippen LogP contribution in [0.25, 0.3) is 22.3 Å². The van der Waals surface area contributed by atoms with Gasteiger partial charge in [-0.15, -0.1) is 0 Å². The first-order valence-corrected chi connectivity index (χ1v) is 14.1. The van der Waals surface area contributed by atoms with E-state index in [9.17, 15) is 18.3 Å². The van der Waals surface area contributed by atoms with Gasteiger partial charge in [0.1, 0.15) is 5.82 Å². The van der Waals surface area contributed by atoms with Crippen LogP contribution in [0.2, 0.25) is 0 Å². The highest BCUT2D eigenvalue weighted by atomic mass is 32.2. The smallest absolute Gasteiger partial charge is 0.243 e. The Balaban J connectivity index is 0.00000308. The van der Waals surface area contributed by atoms with Crippen LogP contribution >= 0.6 is 0 Å². The largest absolute Gasteiger partial charge is 0.395 e. The number of nitrogens with one attached hydrogen (secondary N) is 1. The molecule has 2 N–H and O–H groups in total. The van der Waals surface area contributed by atoms with Crippen LogP contribution < -0.4 is 5.32 Å². The summed E-state index contributed by atoms with van der Waals surface area (Å²) in [6.07, 6.45) is 6.17. The number of aliphatic hydroxyl groups is 1. The molecule has 9 nitrogen and oxygen atoms in total. The van der Waals surface area contributed by atoms with E-state index < -0.39 is 15.4 Å². The topological polar surface area (TPSA) is 125 Å². The summed E-state index contributed by atoms with van der Waals surface area (Å²) in [5, 5.41) is 12.5. The summed E-state index contributed by atoms with van der Waals surface area (Å²) in [5.41, 5.74) is 3.20. The van der Waals surface area contributed by atoms with Crippen molar-refractivity contribution in [1.29, 1.82) is 0 Å². The van der Waals surface area contributed by atoms with Gasteiger partial charge in [-0.05, 0) is 67.6 Å². The van der Waals surface area contributed by atoms with E-state index in [1.165, 1.54) is 4.31 Å². The van der Waals surface area contributed by atoms with Gasteiger partial charge in [0, 0.05) is 32.0 Å². The van der Waals surface area contributed by atoms with Gasteiger partial charge in [-0.1, -0.05) is 24.3 Å². The van der Waals surface area contributed by atoms with Gasteiger partial charge in [-0.2, -0.15) is 4.31 Å². The molecule has 0 spiro atoms. The van der Waals surface area contributed by atoms with E-state index in [0.717, 1.165) is 41.4 Å². The summed E-state index contributed by atoms with van der Waals surface area (Å²) in [6, 6.07) is 17.3. The summed E-state index contributed by atoms with van der Waals surface area (Å²) < 4.78 is 27.5. The number of rotatable bonds is 7. The number of fused-ring (bicyclic) bond motifs is 1. The van der Waals surface area contributed by atoms with Crippen LogP contribution in [0.15, 0.2) is 78.0 Å². The molecule has 10 heteroatoms. The first-order valence-electron chi connectivity index (χ1n) is 12.6. The van der Waals surface area contributed by atoms with E-state index >= 15 is 0 Å². The number of pyridine rings is 1. The lowest BCUT2D eigenvalue weighted by molar-refractivity contribution is -0.118. The number of hydrogen-bond donors (Lipinski definition) is 2. The molecule has 3 heterocycles. The average Bonchev–Trinajstić information content (AvgIpc) is 3.62. The Morgan fingerprint density at radius 3 is 2.55 bits per heavy atom. The summed E-state index contributed by atoms with van der Waals surface area (Å²) in [5.74, 6) is 0.315. The lowest BCUT2D eigenvalue weighted by atomic mass is 9.94. The number of sulfonamides is 1. The predicted molar refractivity (Wildman–Crippen MR) is 145 cm³/mol. The van der Waals surface area contributed by atoms with E-state index in [-0.39, 0.29) is 24.9 Å². The molecule has 1 amide bonds. The number of aromatic nitrogens is 3. The van der Waals surface area contributed by atoms with Crippen LogP contribution in [0, 0.1) is 0 Å². The number of benzene rings is 2. The number of carbonyl (C=O) groups excluding carboxylic acids is 1. The molecule has 2 aliphatic rings. The highest BCUT2D eigenvalue weighted by Gasteiger charge is 2.51. The fraction of sp³-hybridized carbons (Fsp3) is 0.286. The molecule has 1 saturated carbocycles. The zero-order valence-corrected chi connectivity index (χ0v) is 21.4. The highest BCUT2D eigenvalue weighted by molar-refractivity contribution is 7.89. The molecule has 0 bridgehead atoms. The third kappa shape index (κ3) is 4.34. The van der Waals surface area contributed by atoms with Crippen LogP contribution in [0.5, 0.6) is 0 Å². The molecule has 1 atom stereocenters. The maximum Gasteiger partial charge on any atom is 0.243 e. The maximum atomic E-state index is 13.3. The minimum atomic E-state index is -3.69. The van der Waals surface area contributed by atoms with E-state index in [4.69, 9.17) is 0 Å². The van der Waals surface area contributed by atoms with Crippen molar-refractivity contribution in [2.24, 2.45) is 0 Å². The fourth-order valence-corrected chi connectivity index (χ4v) is 6.86. The number of anilines is 1. The molecule has 2 aromatic heterocycles. The normalized spacial score (nSPS) is 18.9. The second-order valence-electron chi connectivity index (χ2n) is 9.82. The van der Waals surface area contributed by atoms with E-state index in [2.05, 4.69) is 20.3 Å². The standard InChI is InChI=1S/C28H27N5O4S.H2/c34-18-21-3-2-16-33(21)38(36,37)22-9-6-19(7-10-22)23-4-1-5-26(31-23)32-27(35)28(12-13-28)20-8-11-24-25(17-20)30-15-14-29-24;/h1,4-11,14-15,17,21,34H,2-3,12-13,16,18H2,(H,31,32,35);1H/t21-;/m1./s1. The van der Waals surface area contributed by atoms with Crippen molar-refractivity contribution in [2.75, 3.05) is 18.5 Å². The molecular formula is C28H29N5O4S. The maximum absolute atomic E-state index is 13.3. The van der Waals surface area contributed by atoms with Gasteiger partial charge in [-0.3, -0.25) is 14.8 Å². The van der Waals surface area contributed by atoms with E-state index in [0.29, 0.717) is 24.5 Å². The van der Waals surface area contributed by atoms with Crippen LogP contribution in [0.4, 0.5) is 5.82 Å². The number of amides is 1. The van der Waals surface area contributed by atoms with Crippen LogP contribution in [0.1, 0.15) is 32.7 Å². The molecule has 196 valence electrons. The van der Waals surface area contributed by atoms with Crippen molar-refractivity contribution in [3.05, 3.63) is 78.6 Å². The van der Waals surface area contributed by atoms with E-state index in [1.54, 1.807) is 42.7 Å². The third-order valence-electron chi connectivity index (χ3n) is 7.49. The second-order valence-corrected chi connectivity index (χ2v) is 11.7. The molecular weight excluding hydrogens is 502 g/mol. The van der Waals surface area contributed by atoms with Crippen LogP contribution in [0.3, 0.4) is 0 Å². The van der Waals surface area contributed by atoms with Gasteiger partial charge in [-0.25, -0.2) is 13.4 Å². The quantitative estimate of drug-likeness (QED) is 0.372. The van der Waals surface area contributed by atoms with Crippen molar-refractivity contribution < 1.29 is 19.7 Å².